The molecule has 1 saturated heterocycles. The van der Waals surface area contributed by atoms with Crippen molar-refractivity contribution in [2.75, 3.05) is 19.1 Å². The van der Waals surface area contributed by atoms with E-state index in [1.807, 2.05) is 56.3 Å². The van der Waals surface area contributed by atoms with Gasteiger partial charge in [-0.2, -0.15) is 0 Å². The van der Waals surface area contributed by atoms with Gasteiger partial charge in [-0.3, -0.25) is 14.5 Å². The number of carbonyl (C=O) groups is 2. The van der Waals surface area contributed by atoms with Crippen molar-refractivity contribution in [1.82, 2.24) is 10.2 Å². The molecule has 4 aromatic rings. The normalized spacial score (nSPS) is 16.4. The van der Waals surface area contributed by atoms with Crippen molar-refractivity contribution in [3.8, 4) is 11.5 Å². The van der Waals surface area contributed by atoms with E-state index in [0.29, 0.717) is 32.7 Å². The molecular formula is C30H27N3O5S2. The van der Waals surface area contributed by atoms with Crippen molar-refractivity contribution >= 4 is 45.7 Å². The number of amides is 1. The fourth-order valence-corrected chi connectivity index (χ4v) is 6.41. The molecule has 1 N–H and O–H groups in total. The molecule has 10 heteroatoms. The Balaban J connectivity index is 1.62. The summed E-state index contributed by atoms with van der Waals surface area (Å²) in [6, 6.07) is 19.7. The first kappa shape index (κ1) is 27.4. The summed E-state index contributed by atoms with van der Waals surface area (Å²) in [4.78, 5) is 28.4. The van der Waals surface area contributed by atoms with Gasteiger partial charge in [-0.15, -0.1) is 10.2 Å². The van der Waals surface area contributed by atoms with Crippen LogP contribution in [0.2, 0.25) is 0 Å². The molecule has 8 nitrogen and oxygen atoms in total. The SMILES string of the molecule is COc1ccc(C2/C(=C(\O)c3cc(C)ccc3C)C(=O)C(=O)N2c2nnc(SCc3ccccc3)s2)cc1OC. The predicted octanol–water partition coefficient (Wildman–Crippen LogP) is 6.09. The molecule has 2 heterocycles. The van der Waals surface area contributed by atoms with Crippen molar-refractivity contribution in [2.24, 2.45) is 0 Å². The second kappa shape index (κ2) is 11.5. The lowest BCUT2D eigenvalue weighted by molar-refractivity contribution is -0.132. The third-order valence-electron chi connectivity index (χ3n) is 6.62. The average molecular weight is 574 g/mol. The van der Waals surface area contributed by atoms with E-state index in [4.69, 9.17) is 9.47 Å². The smallest absolute Gasteiger partial charge is 0.301 e. The maximum absolute atomic E-state index is 13.6. The lowest BCUT2D eigenvalue weighted by atomic mass is 9.93. The molecule has 1 amide bonds. The standard InChI is InChI=1S/C30H27N3O5S2/c1-17-10-11-18(2)21(14-17)26(34)24-25(20-12-13-22(37-3)23(15-20)38-4)33(28(36)27(24)35)29-31-32-30(40-29)39-16-19-8-6-5-7-9-19/h5-15,25,34H,16H2,1-4H3/b26-24+. The van der Waals surface area contributed by atoms with Crippen molar-refractivity contribution in [2.45, 2.75) is 30.0 Å². The first-order valence-corrected chi connectivity index (χ1v) is 14.2. The molecule has 0 spiro atoms. The van der Waals surface area contributed by atoms with Gasteiger partial charge in [0.15, 0.2) is 15.8 Å². The van der Waals surface area contributed by atoms with Crippen molar-refractivity contribution in [3.05, 3.63) is 100 Å². The molecule has 0 radical (unpaired) electrons. The van der Waals surface area contributed by atoms with Gasteiger partial charge in [0.25, 0.3) is 5.78 Å². The topological polar surface area (TPSA) is 102 Å². The molecule has 0 aliphatic carbocycles. The maximum atomic E-state index is 13.6. The molecule has 0 bridgehead atoms. The van der Waals surface area contributed by atoms with Gasteiger partial charge in [-0.1, -0.05) is 77.2 Å². The molecular weight excluding hydrogens is 546 g/mol. The van der Waals surface area contributed by atoms with Crippen LogP contribution in [-0.4, -0.2) is 41.2 Å². The largest absolute Gasteiger partial charge is 0.507 e. The number of ether oxygens (including phenoxy) is 2. The molecule has 1 fully saturated rings. The zero-order chi connectivity index (χ0) is 28.4. The predicted molar refractivity (Wildman–Crippen MR) is 156 cm³/mol. The van der Waals surface area contributed by atoms with Crippen LogP contribution < -0.4 is 14.4 Å². The Morgan fingerprint density at radius 1 is 0.975 bits per heavy atom. The first-order valence-electron chi connectivity index (χ1n) is 12.4. The first-order chi connectivity index (χ1) is 19.3. The van der Waals surface area contributed by atoms with Crippen LogP contribution in [0.5, 0.6) is 11.5 Å². The van der Waals surface area contributed by atoms with E-state index in [0.717, 1.165) is 16.7 Å². The number of methoxy groups -OCH3 is 2. The molecule has 5 rings (SSSR count). The van der Waals surface area contributed by atoms with E-state index in [9.17, 15) is 14.7 Å². The number of Topliss-reactive ketones (excluding diaryl/α,β-unsaturated/α-hetero) is 1. The number of hydrogen-bond donors (Lipinski definition) is 1. The number of thioether (sulfide) groups is 1. The van der Waals surface area contributed by atoms with Gasteiger partial charge in [0.1, 0.15) is 5.76 Å². The summed E-state index contributed by atoms with van der Waals surface area (Å²) < 4.78 is 11.5. The quantitative estimate of drug-likeness (QED) is 0.0888. The van der Waals surface area contributed by atoms with Crippen LogP contribution in [0.25, 0.3) is 5.76 Å². The highest BCUT2D eigenvalue weighted by atomic mass is 32.2. The van der Waals surface area contributed by atoms with Crippen molar-refractivity contribution in [3.63, 3.8) is 0 Å². The number of rotatable bonds is 8. The molecule has 3 aromatic carbocycles. The monoisotopic (exact) mass is 573 g/mol. The van der Waals surface area contributed by atoms with Crippen LogP contribution in [0.3, 0.4) is 0 Å². The Morgan fingerprint density at radius 2 is 1.73 bits per heavy atom. The summed E-state index contributed by atoms with van der Waals surface area (Å²) >= 11 is 2.71. The molecule has 204 valence electrons. The van der Waals surface area contributed by atoms with E-state index in [1.165, 1.54) is 42.2 Å². The van der Waals surface area contributed by atoms with Gasteiger partial charge in [-0.25, -0.2) is 0 Å². The second-order valence-corrected chi connectivity index (χ2v) is 11.4. The van der Waals surface area contributed by atoms with E-state index < -0.39 is 17.7 Å². The minimum Gasteiger partial charge on any atom is -0.507 e. The second-order valence-electron chi connectivity index (χ2n) is 9.23. The molecule has 1 aliphatic rings. The van der Waals surface area contributed by atoms with Crippen LogP contribution in [0.1, 0.15) is 33.9 Å². The van der Waals surface area contributed by atoms with Crippen LogP contribution in [-0.2, 0) is 15.3 Å². The lowest BCUT2D eigenvalue weighted by Gasteiger charge is -2.23. The van der Waals surface area contributed by atoms with E-state index in [-0.39, 0.29) is 16.5 Å². The molecule has 1 atom stereocenters. The highest BCUT2D eigenvalue weighted by Crippen LogP contribution is 2.45. The van der Waals surface area contributed by atoms with E-state index in [2.05, 4.69) is 10.2 Å². The third-order valence-corrected chi connectivity index (χ3v) is 8.75. The molecule has 1 aromatic heterocycles. The average Bonchev–Trinajstić information content (AvgIpc) is 3.54. The molecule has 1 aliphatic heterocycles. The number of carbonyl (C=O) groups excluding carboxylic acids is 2. The number of aliphatic hydroxyl groups excluding tert-OH is 1. The Hall–Kier alpha value is -4.15. The Kier molecular flexibility index (Phi) is 7.90. The summed E-state index contributed by atoms with van der Waals surface area (Å²) in [5.74, 6) is -0.235. The Morgan fingerprint density at radius 3 is 2.45 bits per heavy atom. The van der Waals surface area contributed by atoms with Gasteiger partial charge in [0.05, 0.1) is 25.8 Å². The van der Waals surface area contributed by atoms with Crippen LogP contribution >= 0.6 is 23.1 Å². The minimum absolute atomic E-state index is 0.0281. The van der Waals surface area contributed by atoms with E-state index >= 15 is 0 Å². The lowest BCUT2D eigenvalue weighted by Crippen LogP contribution is -2.29. The van der Waals surface area contributed by atoms with Gasteiger partial charge >= 0.3 is 5.91 Å². The summed E-state index contributed by atoms with van der Waals surface area (Å²) in [5, 5.41) is 20.4. The summed E-state index contributed by atoms with van der Waals surface area (Å²) in [7, 11) is 3.04. The third kappa shape index (κ3) is 5.20. The van der Waals surface area contributed by atoms with Gasteiger partial charge in [-0.05, 0) is 48.7 Å². The number of hydrogen-bond acceptors (Lipinski definition) is 9. The van der Waals surface area contributed by atoms with Crippen LogP contribution in [0.15, 0.2) is 76.6 Å². The maximum Gasteiger partial charge on any atom is 0.301 e. The minimum atomic E-state index is -0.959. The van der Waals surface area contributed by atoms with Crippen molar-refractivity contribution in [1.29, 1.82) is 0 Å². The fraction of sp³-hybridized carbons (Fsp3) is 0.200. The number of ketones is 1. The number of anilines is 1. The molecule has 40 heavy (non-hydrogen) atoms. The highest BCUT2D eigenvalue weighted by molar-refractivity contribution is 8.00. The Bertz CT molecular complexity index is 1620. The van der Waals surface area contributed by atoms with Gasteiger partial charge in [0, 0.05) is 11.3 Å². The number of aliphatic hydroxyl groups is 1. The molecule has 0 saturated carbocycles. The number of aryl methyl sites for hydroxylation is 2. The van der Waals surface area contributed by atoms with Gasteiger partial charge < -0.3 is 14.6 Å². The zero-order valence-electron chi connectivity index (χ0n) is 22.4. The number of benzene rings is 3. The summed E-state index contributed by atoms with van der Waals surface area (Å²) in [6.07, 6.45) is 0. The zero-order valence-corrected chi connectivity index (χ0v) is 24.0. The van der Waals surface area contributed by atoms with E-state index in [1.54, 1.807) is 24.3 Å². The summed E-state index contributed by atoms with van der Waals surface area (Å²) in [6.45, 7) is 3.74. The summed E-state index contributed by atoms with van der Waals surface area (Å²) in [5.41, 5.74) is 3.82. The fourth-order valence-electron chi connectivity index (χ4n) is 4.58. The highest BCUT2D eigenvalue weighted by Gasteiger charge is 2.48. The Labute approximate surface area is 240 Å². The van der Waals surface area contributed by atoms with Crippen molar-refractivity contribution < 1.29 is 24.2 Å². The van der Waals surface area contributed by atoms with Crippen LogP contribution in [0, 0.1) is 13.8 Å². The number of nitrogens with zero attached hydrogens (tertiary/aromatic N) is 3. The van der Waals surface area contributed by atoms with Gasteiger partial charge in [0.2, 0.25) is 5.13 Å². The van der Waals surface area contributed by atoms with Crippen LogP contribution in [0.4, 0.5) is 5.13 Å². The number of aromatic nitrogens is 2. The molecule has 1 unspecified atom stereocenters.